The van der Waals surface area contributed by atoms with Crippen molar-refractivity contribution in [3.63, 3.8) is 0 Å². The predicted octanol–water partition coefficient (Wildman–Crippen LogP) is 2.88. The number of halogens is 1. The van der Waals surface area contributed by atoms with Crippen molar-refractivity contribution in [2.24, 2.45) is 5.41 Å². The van der Waals surface area contributed by atoms with Gasteiger partial charge in [0, 0.05) is 60.8 Å². The van der Waals surface area contributed by atoms with Gasteiger partial charge in [0.15, 0.2) is 0 Å². The van der Waals surface area contributed by atoms with Crippen molar-refractivity contribution in [1.82, 2.24) is 9.88 Å². The maximum absolute atomic E-state index is 12.9. The minimum atomic E-state index is 0.0601. The lowest BCUT2D eigenvalue weighted by Crippen LogP contribution is -2.74. The van der Waals surface area contributed by atoms with Gasteiger partial charge in [0.1, 0.15) is 12.4 Å². The minimum Gasteiger partial charge on any atom is -0.489 e. The van der Waals surface area contributed by atoms with Gasteiger partial charge in [-0.2, -0.15) is 0 Å². The Hall–Kier alpha value is -2.47. The molecule has 0 saturated carbocycles. The number of pyridine rings is 1. The molecule has 0 atom stereocenters. The van der Waals surface area contributed by atoms with Crippen LogP contribution in [0.2, 0.25) is 5.02 Å². The van der Waals surface area contributed by atoms with Crippen molar-refractivity contribution >= 4 is 29.0 Å². The summed E-state index contributed by atoms with van der Waals surface area (Å²) in [6, 6.07) is 9.55. The van der Waals surface area contributed by atoms with Gasteiger partial charge in [-0.25, -0.2) is 4.79 Å². The number of urea groups is 1. The van der Waals surface area contributed by atoms with E-state index in [2.05, 4.69) is 9.88 Å². The van der Waals surface area contributed by atoms with Gasteiger partial charge in [0.2, 0.25) is 0 Å². The molecule has 3 aliphatic rings. The quantitative estimate of drug-likeness (QED) is 0.774. The van der Waals surface area contributed by atoms with E-state index in [4.69, 9.17) is 16.3 Å². The number of nitrogens with zero attached hydrogens (tertiary/aromatic N) is 4. The van der Waals surface area contributed by atoms with E-state index >= 15 is 0 Å². The first-order valence-electron chi connectivity index (χ1n) is 8.77. The average molecular weight is 371 g/mol. The summed E-state index contributed by atoms with van der Waals surface area (Å²) in [5.41, 5.74) is 2.25. The van der Waals surface area contributed by atoms with Crippen LogP contribution in [0.1, 0.15) is 0 Å². The third-order valence-electron chi connectivity index (χ3n) is 5.42. The fraction of sp³-hybridized carbons (Fsp3) is 0.368. The Morgan fingerprint density at radius 2 is 1.88 bits per heavy atom. The molecule has 2 aromatic rings. The summed E-state index contributed by atoms with van der Waals surface area (Å²) in [6.07, 6.45) is 3.64. The molecule has 26 heavy (non-hydrogen) atoms. The highest BCUT2D eigenvalue weighted by Gasteiger charge is 2.54. The number of fused-ring (bicyclic) bond motifs is 1. The molecular formula is C19H19ClN4O2. The fourth-order valence-electron chi connectivity index (χ4n) is 4.16. The number of hydrogen-bond acceptors (Lipinski definition) is 4. The summed E-state index contributed by atoms with van der Waals surface area (Å²) in [5, 5.41) is 0.617. The molecule has 1 aromatic carbocycles. The van der Waals surface area contributed by atoms with Crippen LogP contribution in [0.3, 0.4) is 0 Å². The summed E-state index contributed by atoms with van der Waals surface area (Å²) < 4.78 is 5.64. The number of benzene rings is 1. The maximum atomic E-state index is 12.9. The lowest BCUT2D eigenvalue weighted by atomic mass is 9.72. The van der Waals surface area contributed by atoms with Crippen molar-refractivity contribution in [2.45, 2.75) is 0 Å². The molecular weight excluding hydrogens is 352 g/mol. The highest BCUT2D eigenvalue weighted by atomic mass is 35.5. The van der Waals surface area contributed by atoms with Crippen LogP contribution in [-0.4, -0.2) is 55.2 Å². The van der Waals surface area contributed by atoms with Crippen molar-refractivity contribution in [3.05, 3.63) is 47.7 Å². The van der Waals surface area contributed by atoms with Crippen molar-refractivity contribution < 1.29 is 9.53 Å². The van der Waals surface area contributed by atoms with Gasteiger partial charge in [-0.1, -0.05) is 11.6 Å². The second-order valence-corrected chi connectivity index (χ2v) is 7.75. The van der Waals surface area contributed by atoms with E-state index < -0.39 is 0 Å². The van der Waals surface area contributed by atoms with Crippen LogP contribution >= 0.6 is 11.6 Å². The summed E-state index contributed by atoms with van der Waals surface area (Å²) in [5.74, 6) is 0.680. The molecule has 4 heterocycles. The third kappa shape index (κ3) is 2.48. The van der Waals surface area contributed by atoms with Crippen LogP contribution < -0.4 is 14.5 Å². The Morgan fingerprint density at radius 3 is 2.65 bits per heavy atom. The number of likely N-dealkylation sites (tertiary alicyclic amines) is 1. The molecule has 6 nitrogen and oxygen atoms in total. The van der Waals surface area contributed by atoms with Gasteiger partial charge in [-0.05, 0) is 24.3 Å². The molecule has 134 valence electrons. The number of amides is 2. The van der Waals surface area contributed by atoms with Crippen LogP contribution in [0.5, 0.6) is 5.75 Å². The molecule has 2 saturated heterocycles. The number of carbonyl (C=O) groups excluding carboxylic acids is 1. The number of anilines is 2. The first kappa shape index (κ1) is 15.8. The van der Waals surface area contributed by atoms with E-state index in [0.717, 1.165) is 31.9 Å². The molecule has 0 N–H and O–H groups in total. The Morgan fingerprint density at radius 1 is 1.12 bits per heavy atom. The summed E-state index contributed by atoms with van der Waals surface area (Å²) >= 11 is 6.03. The van der Waals surface area contributed by atoms with Gasteiger partial charge >= 0.3 is 6.03 Å². The first-order valence-corrected chi connectivity index (χ1v) is 9.15. The van der Waals surface area contributed by atoms with E-state index in [-0.39, 0.29) is 11.4 Å². The Bertz CT molecular complexity index is 846. The van der Waals surface area contributed by atoms with Crippen LogP contribution in [0.4, 0.5) is 16.2 Å². The minimum absolute atomic E-state index is 0.0601. The third-order valence-corrected chi connectivity index (χ3v) is 5.65. The number of rotatable bonds is 1. The van der Waals surface area contributed by atoms with Gasteiger partial charge in [0.25, 0.3) is 0 Å². The van der Waals surface area contributed by atoms with Crippen molar-refractivity contribution in [3.8, 4) is 5.75 Å². The molecule has 2 amide bonds. The standard InChI is InChI=1S/C19H19ClN4O2/c20-14-1-2-16-17(9-14)26-8-7-24(16)18(25)23-12-19(13-23)10-22(11-19)15-3-5-21-6-4-15/h1-6,9H,7-8,10-13H2. The largest absolute Gasteiger partial charge is 0.489 e. The zero-order valence-electron chi connectivity index (χ0n) is 14.3. The molecule has 3 aliphatic heterocycles. The van der Waals surface area contributed by atoms with Crippen LogP contribution in [0, 0.1) is 5.41 Å². The zero-order chi connectivity index (χ0) is 17.7. The van der Waals surface area contributed by atoms with Gasteiger partial charge < -0.3 is 14.5 Å². The topological polar surface area (TPSA) is 48.9 Å². The monoisotopic (exact) mass is 370 g/mol. The smallest absolute Gasteiger partial charge is 0.324 e. The Labute approximate surface area is 156 Å². The molecule has 5 rings (SSSR count). The summed E-state index contributed by atoms with van der Waals surface area (Å²) in [4.78, 5) is 23.1. The first-order chi connectivity index (χ1) is 12.6. The zero-order valence-corrected chi connectivity index (χ0v) is 15.0. The summed E-state index contributed by atoms with van der Waals surface area (Å²) in [6.45, 7) is 4.68. The second kappa shape index (κ2) is 5.77. The van der Waals surface area contributed by atoms with Gasteiger partial charge in [-0.3, -0.25) is 9.88 Å². The molecule has 7 heteroatoms. The lowest BCUT2D eigenvalue weighted by Gasteiger charge is -2.61. The molecule has 0 aliphatic carbocycles. The van der Waals surface area contributed by atoms with Crippen molar-refractivity contribution in [1.29, 1.82) is 0 Å². The highest BCUT2D eigenvalue weighted by Crippen LogP contribution is 2.43. The number of hydrogen-bond donors (Lipinski definition) is 0. The molecule has 0 bridgehead atoms. The highest BCUT2D eigenvalue weighted by molar-refractivity contribution is 6.30. The van der Waals surface area contributed by atoms with Crippen LogP contribution in [0.25, 0.3) is 0 Å². The van der Waals surface area contributed by atoms with Crippen LogP contribution in [-0.2, 0) is 0 Å². The number of aromatic nitrogens is 1. The summed E-state index contributed by atoms with van der Waals surface area (Å²) in [7, 11) is 0. The Balaban J connectivity index is 1.24. The lowest BCUT2D eigenvalue weighted by molar-refractivity contribution is 0.00968. The van der Waals surface area contributed by atoms with Gasteiger partial charge in [0.05, 0.1) is 12.2 Å². The van der Waals surface area contributed by atoms with E-state index in [0.29, 0.717) is 23.9 Å². The normalized spacial score (nSPS) is 20.1. The average Bonchev–Trinajstić information content (AvgIpc) is 2.59. The van der Waals surface area contributed by atoms with E-state index in [9.17, 15) is 4.79 Å². The molecule has 2 fully saturated rings. The maximum Gasteiger partial charge on any atom is 0.324 e. The predicted molar refractivity (Wildman–Crippen MR) is 100 cm³/mol. The van der Waals surface area contributed by atoms with E-state index in [1.165, 1.54) is 5.69 Å². The number of ether oxygens (including phenoxy) is 1. The molecule has 0 radical (unpaired) electrons. The van der Waals surface area contributed by atoms with Gasteiger partial charge in [-0.15, -0.1) is 0 Å². The Kier molecular flexibility index (Phi) is 3.50. The van der Waals surface area contributed by atoms with E-state index in [1.54, 1.807) is 17.0 Å². The molecule has 0 unspecified atom stereocenters. The fourth-order valence-corrected chi connectivity index (χ4v) is 4.32. The van der Waals surface area contributed by atoms with E-state index in [1.807, 2.05) is 35.5 Å². The SMILES string of the molecule is O=C(N1CC2(C1)CN(c1ccncc1)C2)N1CCOc2cc(Cl)ccc21. The van der Waals surface area contributed by atoms with Crippen LogP contribution in [0.15, 0.2) is 42.7 Å². The van der Waals surface area contributed by atoms with Crippen molar-refractivity contribution in [2.75, 3.05) is 49.1 Å². The second-order valence-electron chi connectivity index (χ2n) is 7.31. The molecule has 1 aromatic heterocycles. The molecule has 1 spiro atoms. The number of carbonyl (C=O) groups is 1.